The van der Waals surface area contributed by atoms with Crippen molar-refractivity contribution in [2.75, 3.05) is 0 Å². The summed E-state index contributed by atoms with van der Waals surface area (Å²) in [4.78, 5) is 0. The molecule has 3 rings (SSSR count). The number of allylic oxidation sites excluding steroid dienone is 1. The second-order valence-corrected chi connectivity index (χ2v) is 7.25. The van der Waals surface area contributed by atoms with Crippen LogP contribution in [0.3, 0.4) is 0 Å². The number of benzene rings is 2. The first-order chi connectivity index (χ1) is 13.8. The predicted molar refractivity (Wildman–Crippen MR) is 96.2 cm³/mol. The van der Waals surface area contributed by atoms with Gasteiger partial charge in [0.1, 0.15) is 0 Å². The van der Waals surface area contributed by atoms with Crippen LogP contribution in [0, 0.1) is 0 Å². The van der Waals surface area contributed by atoms with Crippen molar-refractivity contribution in [2.24, 2.45) is 0 Å². The molecule has 0 bridgehead atoms. The fraction of sp³-hybridized carbons (Fsp3) is 0.200. The third kappa shape index (κ3) is 3.57. The first-order valence-corrected chi connectivity index (χ1v) is 9.12. The maximum atomic E-state index is 14.4. The van der Waals surface area contributed by atoms with E-state index >= 15 is 0 Å². The van der Waals surface area contributed by atoms with E-state index in [1.165, 1.54) is 41.8 Å². The van der Waals surface area contributed by atoms with Gasteiger partial charge in [-0.3, -0.25) is 0 Å². The molecular formula is C20H11F9S. The van der Waals surface area contributed by atoms with Crippen LogP contribution >= 0.6 is 11.3 Å². The Bertz CT molecular complexity index is 1060. The molecule has 0 N–H and O–H groups in total. The highest BCUT2D eigenvalue weighted by molar-refractivity contribution is 7.17. The van der Waals surface area contributed by atoms with Gasteiger partial charge in [0.05, 0.1) is 0 Å². The molecule has 30 heavy (non-hydrogen) atoms. The van der Waals surface area contributed by atoms with E-state index in [2.05, 4.69) is 0 Å². The number of fused-ring (bicyclic) bond motifs is 1. The zero-order valence-electron chi connectivity index (χ0n) is 14.7. The number of thiophene rings is 1. The van der Waals surface area contributed by atoms with E-state index in [-0.39, 0.29) is 11.1 Å². The SMILES string of the molecule is FC(F)(F)C(F)(F)C(F)(F)C(F)(F)/C=C(\c1ccccc1)c1csc2ccccc12. The molecule has 0 aliphatic heterocycles. The van der Waals surface area contributed by atoms with Gasteiger partial charge in [-0.15, -0.1) is 11.3 Å². The van der Waals surface area contributed by atoms with Crippen molar-refractivity contribution in [3.63, 3.8) is 0 Å². The molecule has 0 aliphatic rings. The highest BCUT2D eigenvalue weighted by Gasteiger charge is 2.81. The first-order valence-electron chi connectivity index (χ1n) is 8.24. The van der Waals surface area contributed by atoms with Crippen molar-refractivity contribution in [3.8, 4) is 0 Å². The van der Waals surface area contributed by atoms with Gasteiger partial charge in [-0.25, -0.2) is 0 Å². The standard InChI is InChI=1S/C20H11F9S/c21-17(22,18(23,24)19(25,26)20(27,28)29)10-14(12-6-2-1-3-7-12)15-11-30-16-9-5-4-8-13(15)16/h1-11H/b14-10+. The monoisotopic (exact) mass is 454 g/mol. The Labute approximate surface area is 168 Å². The van der Waals surface area contributed by atoms with Gasteiger partial charge in [-0.05, 0) is 28.7 Å². The van der Waals surface area contributed by atoms with Gasteiger partial charge in [0.25, 0.3) is 0 Å². The minimum absolute atomic E-state index is 0.00704. The van der Waals surface area contributed by atoms with Gasteiger partial charge in [0.2, 0.25) is 0 Å². The lowest BCUT2D eigenvalue weighted by Gasteiger charge is -2.32. The van der Waals surface area contributed by atoms with Gasteiger partial charge in [0, 0.05) is 15.6 Å². The van der Waals surface area contributed by atoms with Crippen molar-refractivity contribution < 1.29 is 39.5 Å². The van der Waals surface area contributed by atoms with Gasteiger partial charge < -0.3 is 0 Å². The van der Waals surface area contributed by atoms with Crippen molar-refractivity contribution in [2.45, 2.75) is 23.9 Å². The molecule has 0 radical (unpaired) electrons. The summed E-state index contributed by atoms with van der Waals surface area (Å²) in [6.07, 6.45) is -7.38. The van der Waals surface area contributed by atoms with E-state index in [1.54, 1.807) is 18.2 Å². The highest BCUT2D eigenvalue weighted by atomic mass is 32.1. The van der Waals surface area contributed by atoms with Crippen LogP contribution in [0.5, 0.6) is 0 Å². The van der Waals surface area contributed by atoms with Crippen LogP contribution in [-0.2, 0) is 0 Å². The summed E-state index contributed by atoms with van der Waals surface area (Å²) in [6.45, 7) is 0. The lowest BCUT2D eigenvalue weighted by atomic mass is 9.93. The molecule has 1 aromatic heterocycles. The van der Waals surface area contributed by atoms with Crippen molar-refractivity contribution in [1.29, 1.82) is 0 Å². The Morgan fingerprint density at radius 3 is 1.87 bits per heavy atom. The maximum absolute atomic E-state index is 14.4. The van der Waals surface area contributed by atoms with E-state index in [9.17, 15) is 39.5 Å². The smallest absolute Gasteiger partial charge is 0.195 e. The quantitative estimate of drug-likeness (QED) is 0.345. The van der Waals surface area contributed by atoms with Crippen molar-refractivity contribution >= 4 is 27.0 Å². The number of rotatable bonds is 5. The molecule has 0 saturated heterocycles. The van der Waals surface area contributed by atoms with Crippen LogP contribution in [0.15, 0.2) is 66.1 Å². The van der Waals surface area contributed by atoms with E-state index in [0.29, 0.717) is 10.1 Å². The molecule has 10 heteroatoms. The predicted octanol–water partition coefficient (Wildman–Crippen LogP) is 7.80. The summed E-state index contributed by atoms with van der Waals surface area (Å²) in [6, 6.07) is 13.1. The van der Waals surface area contributed by atoms with Gasteiger partial charge in [-0.2, -0.15) is 39.5 Å². The zero-order valence-corrected chi connectivity index (χ0v) is 15.5. The minimum atomic E-state index is -6.95. The van der Waals surface area contributed by atoms with E-state index in [4.69, 9.17) is 0 Å². The zero-order chi connectivity index (χ0) is 22.4. The molecular weight excluding hydrogens is 443 g/mol. The lowest BCUT2D eigenvalue weighted by molar-refractivity contribution is -0.388. The minimum Gasteiger partial charge on any atom is -0.195 e. The topological polar surface area (TPSA) is 0 Å². The van der Waals surface area contributed by atoms with Crippen molar-refractivity contribution in [1.82, 2.24) is 0 Å². The summed E-state index contributed by atoms with van der Waals surface area (Å²) in [5.41, 5.74) is -0.629. The molecule has 0 spiro atoms. The molecule has 0 fully saturated rings. The van der Waals surface area contributed by atoms with E-state index in [1.807, 2.05) is 0 Å². The Morgan fingerprint density at radius 2 is 1.27 bits per heavy atom. The molecule has 0 amide bonds. The van der Waals surface area contributed by atoms with Crippen LogP contribution < -0.4 is 0 Å². The van der Waals surface area contributed by atoms with Gasteiger partial charge >= 0.3 is 23.9 Å². The van der Waals surface area contributed by atoms with Crippen LogP contribution in [0.2, 0.25) is 0 Å². The Kier molecular flexibility index (Phi) is 5.43. The summed E-state index contributed by atoms with van der Waals surface area (Å²) in [5, 5.41) is 1.71. The molecule has 0 saturated carbocycles. The summed E-state index contributed by atoms with van der Waals surface area (Å²) >= 11 is 1.08. The van der Waals surface area contributed by atoms with Crippen LogP contribution in [-0.4, -0.2) is 23.9 Å². The average Bonchev–Trinajstić information content (AvgIpc) is 3.09. The third-order valence-corrected chi connectivity index (χ3v) is 5.31. The Hall–Kier alpha value is -2.49. The summed E-state index contributed by atoms with van der Waals surface area (Å²) in [7, 11) is 0. The van der Waals surface area contributed by atoms with E-state index in [0.717, 1.165) is 11.3 Å². The molecule has 1 heterocycles. The second-order valence-electron chi connectivity index (χ2n) is 6.34. The average molecular weight is 454 g/mol. The normalized spacial score (nSPS) is 14.4. The number of halogens is 9. The van der Waals surface area contributed by atoms with Crippen LogP contribution in [0.25, 0.3) is 15.7 Å². The highest BCUT2D eigenvalue weighted by Crippen LogP contribution is 2.54. The van der Waals surface area contributed by atoms with Crippen molar-refractivity contribution in [3.05, 3.63) is 77.2 Å². The molecule has 0 nitrogen and oxygen atoms in total. The molecule has 0 aliphatic carbocycles. The summed E-state index contributed by atoms with van der Waals surface area (Å²) in [5.74, 6) is -19.5. The fourth-order valence-electron chi connectivity index (χ4n) is 2.78. The van der Waals surface area contributed by atoms with E-state index < -0.39 is 35.6 Å². The van der Waals surface area contributed by atoms with Crippen LogP contribution in [0.4, 0.5) is 39.5 Å². The maximum Gasteiger partial charge on any atom is 0.460 e. The van der Waals surface area contributed by atoms with Gasteiger partial charge in [-0.1, -0.05) is 48.5 Å². The third-order valence-electron chi connectivity index (χ3n) is 4.35. The Morgan fingerprint density at radius 1 is 0.700 bits per heavy atom. The molecule has 0 atom stereocenters. The second kappa shape index (κ2) is 7.33. The molecule has 0 unspecified atom stereocenters. The largest absolute Gasteiger partial charge is 0.460 e. The number of hydrogen-bond donors (Lipinski definition) is 0. The number of alkyl halides is 9. The molecule has 3 aromatic rings. The molecule has 2 aromatic carbocycles. The van der Waals surface area contributed by atoms with Gasteiger partial charge in [0.15, 0.2) is 0 Å². The molecule has 160 valence electrons. The van der Waals surface area contributed by atoms with Crippen LogP contribution in [0.1, 0.15) is 11.1 Å². The number of hydrogen-bond acceptors (Lipinski definition) is 1. The fourth-order valence-corrected chi connectivity index (χ4v) is 3.74. The Balaban J connectivity index is 2.24. The summed E-state index contributed by atoms with van der Waals surface area (Å²) < 4.78 is 121. The lowest BCUT2D eigenvalue weighted by Crippen LogP contribution is -2.60. The first kappa shape index (κ1) is 22.2.